The number of anilines is 2. The molecule has 0 radical (unpaired) electrons. The second-order valence-corrected chi connectivity index (χ2v) is 12.0. The maximum Gasteiger partial charge on any atom is 0.232 e. The van der Waals surface area contributed by atoms with Crippen molar-refractivity contribution in [3.05, 3.63) is 59.9 Å². The second kappa shape index (κ2) is 8.87. The van der Waals surface area contributed by atoms with Crippen molar-refractivity contribution in [1.82, 2.24) is 5.32 Å². The van der Waals surface area contributed by atoms with E-state index in [1.165, 1.54) is 16.6 Å². The summed E-state index contributed by atoms with van der Waals surface area (Å²) in [5.74, 6) is -0.149. The Kier molecular flexibility index (Phi) is 6.04. The van der Waals surface area contributed by atoms with E-state index in [1.807, 2.05) is 30.3 Å². The second-order valence-electron chi connectivity index (χ2n) is 10.1. The molecule has 0 aromatic heterocycles. The summed E-state index contributed by atoms with van der Waals surface area (Å²) in [5.41, 5.74) is 2.58. The van der Waals surface area contributed by atoms with Crippen molar-refractivity contribution < 1.29 is 17.6 Å². The molecule has 1 saturated heterocycles. The molecule has 0 atom stereocenters. The lowest BCUT2D eigenvalue weighted by Gasteiger charge is -2.38. The maximum atomic E-state index is 13.5. The minimum Gasteiger partial charge on any atom is -0.371 e. The predicted octanol–water partition coefficient (Wildman–Crippen LogP) is 3.82. The lowest BCUT2D eigenvalue weighted by Crippen LogP contribution is -2.48. The predicted molar refractivity (Wildman–Crippen MR) is 132 cm³/mol. The number of amides is 1. The number of nitrogens with one attached hydrogen (secondary N) is 1. The summed E-state index contributed by atoms with van der Waals surface area (Å²) in [5, 5.41) is 3.26. The third-order valence-corrected chi connectivity index (χ3v) is 9.05. The molecule has 2 aromatic carbocycles. The quantitative estimate of drug-likeness (QED) is 0.715. The van der Waals surface area contributed by atoms with Crippen LogP contribution in [0.3, 0.4) is 0 Å². The highest BCUT2D eigenvalue weighted by molar-refractivity contribution is 7.92. The molecule has 1 saturated carbocycles. The largest absolute Gasteiger partial charge is 0.371 e. The molecule has 1 spiro atoms. The van der Waals surface area contributed by atoms with Crippen LogP contribution < -0.4 is 14.5 Å². The first-order chi connectivity index (χ1) is 16.2. The third kappa shape index (κ3) is 4.40. The van der Waals surface area contributed by atoms with E-state index in [4.69, 9.17) is 0 Å². The number of fused-ring (bicyclic) bond motifs is 2. The molecular formula is C26H32FN3O3S. The number of carbonyl (C=O) groups excluding carboxylic acids is 1. The van der Waals surface area contributed by atoms with Crippen molar-refractivity contribution in [2.24, 2.45) is 5.92 Å². The Bertz CT molecular complexity index is 1170. The Morgan fingerprint density at radius 2 is 1.74 bits per heavy atom. The fraction of sp³-hybridized carbons (Fsp3) is 0.500. The van der Waals surface area contributed by atoms with Gasteiger partial charge in [0.2, 0.25) is 15.9 Å². The number of piperidine rings is 1. The zero-order chi connectivity index (χ0) is 23.9. The number of carbonyl (C=O) groups is 1. The van der Waals surface area contributed by atoms with Crippen molar-refractivity contribution >= 4 is 27.3 Å². The van der Waals surface area contributed by atoms with Gasteiger partial charge in [-0.3, -0.25) is 9.10 Å². The molecule has 2 aromatic rings. The average Bonchev–Trinajstić information content (AvgIpc) is 3.15. The first kappa shape index (κ1) is 23.1. The first-order valence-electron chi connectivity index (χ1n) is 12.1. The van der Waals surface area contributed by atoms with Crippen molar-refractivity contribution in [2.75, 3.05) is 35.1 Å². The molecular weight excluding hydrogens is 453 g/mol. The number of hydrogen-bond donors (Lipinski definition) is 1. The van der Waals surface area contributed by atoms with Gasteiger partial charge in [-0.15, -0.1) is 0 Å². The number of nitrogens with zero attached hydrogens (tertiary/aromatic N) is 2. The molecule has 6 nitrogen and oxygen atoms in total. The monoisotopic (exact) mass is 485 g/mol. The zero-order valence-electron chi connectivity index (χ0n) is 19.5. The van der Waals surface area contributed by atoms with Crippen LogP contribution in [0.25, 0.3) is 0 Å². The molecule has 3 aliphatic rings. The van der Waals surface area contributed by atoms with E-state index in [9.17, 15) is 17.6 Å². The van der Waals surface area contributed by atoms with E-state index >= 15 is 0 Å². The van der Waals surface area contributed by atoms with Gasteiger partial charge >= 0.3 is 0 Å². The number of benzene rings is 2. The molecule has 5 rings (SSSR count). The van der Waals surface area contributed by atoms with Gasteiger partial charge in [-0.05, 0) is 68.4 Å². The molecule has 1 N–H and O–H groups in total. The van der Waals surface area contributed by atoms with E-state index in [-0.39, 0.29) is 29.1 Å². The SMILES string of the molecule is CS(=O)(=O)N1CC2(CCC(C(=O)NC3CCN(c4cccc(F)c4)CC3)CC2)c2ccccc21. The molecule has 2 fully saturated rings. The van der Waals surface area contributed by atoms with E-state index in [2.05, 4.69) is 10.2 Å². The summed E-state index contributed by atoms with van der Waals surface area (Å²) in [4.78, 5) is 15.2. The van der Waals surface area contributed by atoms with Crippen molar-refractivity contribution in [3.8, 4) is 0 Å². The Balaban J connectivity index is 1.17. The van der Waals surface area contributed by atoms with Crippen LogP contribution in [0.5, 0.6) is 0 Å². The van der Waals surface area contributed by atoms with Crippen LogP contribution in [0.4, 0.5) is 15.8 Å². The molecule has 1 amide bonds. The Morgan fingerprint density at radius 3 is 2.41 bits per heavy atom. The van der Waals surface area contributed by atoms with Crippen LogP contribution in [0, 0.1) is 11.7 Å². The van der Waals surface area contributed by atoms with Crippen molar-refractivity contribution in [2.45, 2.75) is 50.0 Å². The van der Waals surface area contributed by atoms with Crippen LogP contribution in [0.1, 0.15) is 44.1 Å². The van der Waals surface area contributed by atoms with Gasteiger partial charge in [-0.25, -0.2) is 12.8 Å². The van der Waals surface area contributed by atoms with Gasteiger partial charge in [-0.1, -0.05) is 24.3 Å². The van der Waals surface area contributed by atoms with E-state index in [0.29, 0.717) is 6.54 Å². The van der Waals surface area contributed by atoms with Crippen LogP contribution in [-0.2, 0) is 20.2 Å². The summed E-state index contributed by atoms with van der Waals surface area (Å²) in [6.07, 6.45) is 6.10. The minimum atomic E-state index is -3.34. The molecule has 2 aliphatic heterocycles. The van der Waals surface area contributed by atoms with Gasteiger partial charge in [0.05, 0.1) is 11.9 Å². The summed E-state index contributed by atoms with van der Waals surface area (Å²) in [6, 6.07) is 14.6. The number of halogens is 1. The number of rotatable bonds is 4. The number of hydrogen-bond acceptors (Lipinski definition) is 4. The van der Waals surface area contributed by atoms with Crippen molar-refractivity contribution in [3.63, 3.8) is 0 Å². The number of para-hydroxylation sites is 1. The Labute approximate surface area is 201 Å². The lowest BCUT2D eigenvalue weighted by molar-refractivity contribution is -0.127. The fourth-order valence-electron chi connectivity index (χ4n) is 6.01. The van der Waals surface area contributed by atoms with Gasteiger partial charge in [0.15, 0.2) is 0 Å². The molecule has 2 heterocycles. The van der Waals surface area contributed by atoms with E-state index < -0.39 is 10.0 Å². The normalized spacial score (nSPS) is 25.4. The van der Waals surface area contributed by atoms with Crippen LogP contribution >= 0.6 is 0 Å². The van der Waals surface area contributed by atoms with Gasteiger partial charge < -0.3 is 10.2 Å². The standard InChI is InChI=1S/C26H32FN3O3S/c1-34(32,33)30-18-26(23-7-2-3-8-24(23)30)13-9-19(10-14-26)25(31)28-21-11-15-29(16-12-21)22-6-4-5-20(27)17-22/h2-8,17,19,21H,9-16,18H2,1H3,(H,28,31). The summed E-state index contributed by atoms with van der Waals surface area (Å²) in [7, 11) is -3.34. The van der Waals surface area contributed by atoms with Gasteiger partial charge in [0, 0.05) is 42.7 Å². The van der Waals surface area contributed by atoms with Crippen LogP contribution in [0.15, 0.2) is 48.5 Å². The molecule has 0 unspecified atom stereocenters. The molecule has 1 aliphatic carbocycles. The Morgan fingerprint density at radius 1 is 1.03 bits per heavy atom. The third-order valence-electron chi connectivity index (χ3n) is 7.92. The first-order valence-corrected chi connectivity index (χ1v) is 14.0. The Hall–Kier alpha value is -2.61. The molecule has 182 valence electrons. The minimum absolute atomic E-state index is 0.0358. The van der Waals surface area contributed by atoms with Crippen molar-refractivity contribution in [1.29, 1.82) is 0 Å². The van der Waals surface area contributed by atoms with E-state index in [0.717, 1.165) is 68.6 Å². The molecule has 34 heavy (non-hydrogen) atoms. The summed E-state index contributed by atoms with van der Waals surface area (Å²) in [6.45, 7) is 2.05. The van der Waals surface area contributed by atoms with Gasteiger partial charge in [0.25, 0.3) is 0 Å². The molecule has 8 heteroatoms. The van der Waals surface area contributed by atoms with Crippen LogP contribution in [0.2, 0.25) is 0 Å². The highest BCUT2D eigenvalue weighted by Crippen LogP contribution is 2.50. The zero-order valence-corrected chi connectivity index (χ0v) is 20.4. The smallest absolute Gasteiger partial charge is 0.232 e. The highest BCUT2D eigenvalue weighted by Gasteiger charge is 2.48. The topological polar surface area (TPSA) is 69.7 Å². The molecule has 0 bridgehead atoms. The summed E-state index contributed by atoms with van der Waals surface area (Å²) >= 11 is 0. The number of sulfonamides is 1. The fourth-order valence-corrected chi connectivity index (χ4v) is 7.01. The van der Waals surface area contributed by atoms with Gasteiger partial charge in [0.1, 0.15) is 5.82 Å². The lowest BCUT2D eigenvalue weighted by atomic mass is 9.67. The highest BCUT2D eigenvalue weighted by atomic mass is 32.2. The maximum absolute atomic E-state index is 13.5. The van der Waals surface area contributed by atoms with Crippen LogP contribution in [-0.4, -0.2) is 46.3 Å². The van der Waals surface area contributed by atoms with Gasteiger partial charge in [-0.2, -0.15) is 0 Å². The van der Waals surface area contributed by atoms with E-state index in [1.54, 1.807) is 12.1 Å². The average molecular weight is 486 g/mol. The summed E-state index contributed by atoms with van der Waals surface area (Å²) < 4.78 is 39.8.